The summed E-state index contributed by atoms with van der Waals surface area (Å²) >= 11 is 1.79. The molecule has 0 heterocycles. The Balaban J connectivity index is 2.89. The van der Waals surface area contributed by atoms with E-state index in [9.17, 15) is 4.79 Å². The average molecular weight is 239 g/mol. The number of rotatable bonds is 5. The van der Waals surface area contributed by atoms with Crippen molar-refractivity contribution >= 4 is 23.4 Å². The molecule has 0 saturated heterocycles. The molecule has 0 atom stereocenters. The summed E-state index contributed by atoms with van der Waals surface area (Å²) in [5.41, 5.74) is 7.74. The topological polar surface area (TPSA) is 52.3 Å². The van der Waals surface area contributed by atoms with E-state index in [4.69, 9.17) is 10.5 Å². The summed E-state index contributed by atoms with van der Waals surface area (Å²) in [7, 11) is 1.37. The van der Waals surface area contributed by atoms with E-state index in [0.717, 1.165) is 23.5 Å². The lowest BCUT2D eigenvalue weighted by Crippen LogP contribution is -2.09. The second-order valence-electron chi connectivity index (χ2n) is 3.43. The Morgan fingerprint density at radius 2 is 2.25 bits per heavy atom. The average Bonchev–Trinajstić information content (AvgIpc) is 2.29. The maximum atomic E-state index is 11.6. The molecule has 0 bridgehead atoms. The molecule has 0 aromatic heterocycles. The van der Waals surface area contributed by atoms with Crippen LogP contribution >= 0.6 is 11.8 Å². The summed E-state index contributed by atoms with van der Waals surface area (Å²) in [5, 5.41) is 0. The molecular formula is C12H17NO2S. The number of carbonyl (C=O) groups is 1. The number of hydrogen-bond acceptors (Lipinski definition) is 4. The zero-order valence-electron chi connectivity index (χ0n) is 9.66. The van der Waals surface area contributed by atoms with Gasteiger partial charge in [0, 0.05) is 11.4 Å². The number of ether oxygens (including phenoxy) is 1. The molecule has 1 rings (SSSR count). The standard InChI is InChI=1S/C12H17NO2S/c1-3-7-16-8-9-5-4-6-10(13)11(9)12(14)15-2/h4-6H,3,7-8,13H2,1-2H3. The Hall–Kier alpha value is -1.16. The minimum atomic E-state index is -0.356. The van der Waals surface area contributed by atoms with Crippen molar-refractivity contribution in [1.29, 1.82) is 0 Å². The van der Waals surface area contributed by atoms with Crippen molar-refractivity contribution < 1.29 is 9.53 Å². The Labute approximate surface area is 100 Å². The van der Waals surface area contributed by atoms with Gasteiger partial charge >= 0.3 is 5.97 Å². The van der Waals surface area contributed by atoms with E-state index in [-0.39, 0.29) is 5.97 Å². The van der Waals surface area contributed by atoms with Crippen LogP contribution in [0.3, 0.4) is 0 Å². The van der Waals surface area contributed by atoms with Crippen molar-refractivity contribution in [1.82, 2.24) is 0 Å². The summed E-state index contributed by atoms with van der Waals surface area (Å²) in [6, 6.07) is 5.51. The number of hydrogen-bond donors (Lipinski definition) is 1. The van der Waals surface area contributed by atoms with Gasteiger partial charge in [0.15, 0.2) is 0 Å². The predicted octanol–water partition coefficient (Wildman–Crippen LogP) is 2.70. The van der Waals surface area contributed by atoms with Gasteiger partial charge < -0.3 is 10.5 Å². The van der Waals surface area contributed by atoms with Crippen LogP contribution < -0.4 is 5.73 Å². The molecule has 0 aliphatic carbocycles. The lowest BCUT2D eigenvalue weighted by molar-refractivity contribution is 0.0601. The number of benzene rings is 1. The number of methoxy groups -OCH3 is 1. The summed E-state index contributed by atoms with van der Waals surface area (Å²) in [5.74, 6) is 1.52. The molecule has 1 aromatic carbocycles. The highest BCUT2D eigenvalue weighted by atomic mass is 32.2. The van der Waals surface area contributed by atoms with Crippen molar-refractivity contribution in [2.75, 3.05) is 18.6 Å². The lowest BCUT2D eigenvalue weighted by Gasteiger charge is -2.09. The van der Waals surface area contributed by atoms with E-state index in [1.165, 1.54) is 7.11 Å². The van der Waals surface area contributed by atoms with Gasteiger partial charge in [-0.15, -0.1) is 0 Å². The van der Waals surface area contributed by atoms with Crippen LogP contribution in [0.1, 0.15) is 29.3 Å². The van der Waals surface area contributed by atoms with Gasteiger partial charge in [-0.2, -0.15) is 11.8 Å². The molecule has 0 radical (unpaired) electrons. The molecule has 0 aliphatic rings. The minimum absolute atomic E-state index is 0.356. The molecular weight excluding hydrogens is 222 g/mol. The van der Waals surface area contributed by atoms with Crippen molar-refractivity contribution in [3.05, 3.63) is 29.3 Å². The highest BCUT2D eigenvalue weighted by Gasteiger charge is 2.14. The molecule has 1 aromatic rings. The van der Waals surface area contributed by atoms with Gasteiger partial charge in [0.2, 0.25) is 0 Å². The van der Waals surface area contributed by atoms with Crippen molar-refractivity contribution in [2.24, 2.45) is 0 Å². The highest BCUT2D eigenvalue weighted by Crippen LogP contribution is 2.22. The number of carbonyl (C=O) groups excluding carboxylic acids is 1. The zero-order chi connectivity index (χ0) is 12.0. The van der Waals surface area contributed by atoms with Crippen LogP contribution in [0.15, 0.2) is 18.2 Å². The van der Waals surface area contributed by atoms with Crippen LogP contribution in [0.5, 0.6) is 0 Å². The number of esters is 1. The van der Waals surface area contributed by atoms with Gasteiger partial charge in [0.25, 0.3) is 0 Å². The molecule has 0 unspecified atom stereocenters. The molecule has 88 valence electrons. The first-order chi connectivity index (χ1) is 7.70. The number of nitrogen functional groups attached to an aromatic ring is 1. The van der Waals surface area contributed by atoms with Gasteiger partial charge in [-0.1, -0.05) is 19.1 Å². The Kier molecular flexibility index (Phi) is 5.19. The fourth-order valence-electron chi connectivity index (χ4n) is 1.42. The first-order valence-electron chi connectivity index (χ1n) is 5.24. The SMILES string of the molecule is CCCSCc1cccc(N)c1C(=O)OC. The van der Waals surface area contributed by atoms with Gasteiger partial charge in [-0.05, 0) is 23.8 Å². The molecule has 0 aliphatic heterocycles. The quantitative estimate of drug-likeness (QED) is 0.487. The Morgan fingerprint density at radius 1 is 1.50 bits per heavy atom. The van der Waals surface area contributed by atoms with E-state index in [0.29, 0.717) is 11.3 Å². The van der Waals surface area contributed by atoms with E-state index in [1.807, 2.05) is 12.1 Å². The predicted molar refractivity (Wildman–Crippen MR) is 68.6 cm³/mol. The molecule has 0 spiro atoms. The third-order valence-electron chi connectivity index (χ3n) is 2.18. The van der Waals surface area contributed by atoms with Crippen LogP contribution in [0.4, 0.5) is 5.69 Å². The minimum Gasteiger partial charge on any atom is -0.465 e. The van der Waals surface area contributed by atoms with Gasteiger partial charge in [0.1, 0.15) is 0 Å². The van der Waals surface area contributed by atoms with Crippen LogP contribution in [-0.2, 0) is 10.5 Å². The smallest absolute Gasteiger partial charge is 0.340 e. The Morgan fingerprint density at radius 3 is 2.88 bits per heavy atom. The summed E-state index contributed by atoms with van der Waals surface area (Å²) in [6.07, 6.45) is 1.13. The highest BCUT2D eigenvalue weighted by molar-refractivity contribution is 7.98. The van der Waals surface area contributed by atoms with Gasteiger partial charge in [-0.25, -0.2) is 4.79 Å². The van der Waals surface area contributed by atoms with E-state index >= 15 is 0 Å². The summed E-state index contributed by atoms with van der Waals surface area (Å²) < 4.78 is 4.74. The van der Waals surface area contributed by atoms with E-state index in [2.05, 4.69) is 6.92 Å². The van der Waals surface area contributed by atoms with Crippen molar-refractivity contribution in [3.63, 3.8) is 0 Å². The monoisotopic (exact) mass is 239 g/mol. The summed E-state index contributed by atoms with van der Waals surface area (Å²) in [6.45, 7) is 2.13. The third-order valence-corrected chi connectivity index (χ3v) is 3.39. The van der Waals surface area contributed by atoms with Crippen LogP contribution in [0.2, 0.25) is 0 Å². The van der Waals surface area contributed by atoms with Crippen molar-refractivity contribution in [2.45, 2.75) is 19.1 Å². The molecule has 4 heteroatoms. The fourth-order valence-corrected chi connectivity index (χ4v) is 2.31. The second-order valence-corrected chi connectivity index (χ2v) is 4.53. The largest absolute Gasteiger partial charge is 0.465 e. The molecule has 0 fully saturated rings. The molecule has 16 heavy (non-hydrogen) atoms. The van der Waals surface area contributed by atoms with E-state index < -0.39 is 0 Å². The fraction of sp³-hybridized carbons (Fsp3) is 0.417. The molecule has 2 N–H and O–H groups in total. The maximum Gasteiger partial charge on any atom is 0.340 e. The first kappa shape index (κ1) is 12.9. The second kappa shape index (κ2) is 6.43. The molecule has 0 saturated carbocycles. The lowest BCUT2D eigenvalue weighted by atomic mass is 10.1. The van der Waals surface area contributed by atoms with Crippen LogP contribution in [0, 0.1) is 0 Å². The number of anilines is 1. The number of thioether (sulfide) groups is 1. The molecule has 0 amide bonds. The van der Waals surface area contributed by atoms with Gasteiger partial charge in [0.05, 0.1) is 12.7 Å². The third kappa shape index (κ3) is 3.17. The van der Waals surface area contributed by atoms with Crippen LogP contribution in [-0.4, -0.2) is 18.8 Å². The maximum absolute atomic E-state index is 11.6. The zero-order valence-corrected chi connectivity index (χ0v) is 10.5. The summed E-state index contributed by atoms with van der Waals surface area (Å²) in [4.78, 5) is 11.6. The van der Waals surface area contributed by atoms with Gasteiger partial charge in [-0.3, -0.25) is 0 Å². The number of nitrogens with two attached hydrogens (primary N) is 1. The van der Waals surface area contributed by atoms with Crippen molar-refractivity contribution in [3.8, 4) is 0 Å². The molecule has 3 nitrogen and oxygen atoms in total. The Bertz CT molecular complexity index is 366. The normalized spacial score (nSPS) is 10.1. The first-order valence-corrected chi connectivity index (χ1v) is 6.39. The van der Waals surface area contributed by atoms with E-state index in [1.54, 1.807) is 17.8 Å². The van der Waals surface area contributed by atoms with Crippen LogP contribution in [0.25, 0.3) is 0 Å².